The van der Waals surface area contributed by atoms with E-state index in [1.165, 1.54) is 5.56 Å². The first kappa shape index (κ1) is 15.2. The van der Waals surface area contributed by atoms with E-state index in [1.54, 1.807) is 0 Å². The van der Waals surface area contributed by atoms with E-state index in [0.29, 0.717) is 0 Å². The number of nitrogens with zero attached hydrogens (tertiary/aromatic N) is 2. The zero-order valence-corrected chi connectivity index (χ0v) is 14.7. The molecule has 0 amide bonds. The van der Waals surface area contributed by atoms with E-state index in [0.717, 1.165) is 33.3 Å². The molecule has 5 rings (SSSR count). The predicted molar refractivity (Wildman–Crippen MR) is 107 cm³/mol. The van der Waals surface area contributed by atoms with Crippen LogP contribution < -0.4 is 5.32 Å². The summed E-state index contributed by atoms with van der Waals surface area (Å²) in [5.41, 5.74) is 5.47. The number of benzene rings is 3. The third-order valence-electron chi connectivity index (χ3n) is 4.74. The van der Waals surface area contributed by atoms with E-state index in [-0.39, 0.29) is 6.04 Å². The van der Waals surface area contributed by atoms with Crippen LogP contribution in [-0.4, -0.2) is 9.55 Å². The Morgan fingerprint density at radius 1 is 0.846 bits per heavy atom. The molecule has 1 aliphatic rings. The van der Waals surface area contributed by atoms with Crippen molar-refractivity contribution in [1.82, 2.24) is 9.55 Å². The summed E-state index contributed by atoms with van der Waals surface area (Å²) in [5, 5.41) is 4.23. The number of nitrogens with one attached hydrogen (secondary N) is 1. The average Bonchev–Trinajstić information content (AvgIpc) is 3.07. The Labute approximate surface area is 156 Å². The molecule has 0 saturated heterocycles. The summed E-state index contributed by atoms with van der Waals surface area (Å²) >= 11 is 6.05. The van der Waals surface area contributed by atoms with Gasteiger partial charge in [-0.25, -0.2) is 4.98 Å². The Bertz CT molecular complexity index is 1110. The van der Waals surface area contributed by atoms with Crippen molar-refractivity contribution in [2.24, 2.45) is 0 Å². The van der Waals surface area contributed by atoms with Gasteiger partial charge in [-0.3, -0.25) is 4.57 Å². The summed E-state index contributed by atoms with van der Waals surface area (Å²) in [6.45, 7) is 0. The highest BCUT2D eigenvalue weighted by Gasteiger charge is 2.25. The van der Waals surface area contributed by atoms with Gasteiger partial charge in [0.05, 0.1) is 17.1 Å². The molecule has 1 aromatic heterocycles. The van der Waals surface area contributed by atoms with E-state index in [2.05, 4.69) is 52.4 Å². The number of para-hydroxylation sites is 2. The maximum absolute atomic E-state index is 6.05. The molecule has 0 spiro atoms. The van der Waals surface area contributed by atoms with Gasteiger partial charge in [-0.1, -0.05) is 66.2 Å². The van der Waals surface area contributed by atoms with Crippen LogP contribution in [0.3, 0.4) is 0 Å². The molecule has 1 aliphatic heterocycles. The maximum Gasteiger partial charge on any atom is 0.209 e. The number of hydrogen-bond donors (Lipinski definition) is 1. The Morgan fingerprint density at radius 2 is 1.58 bits per heavy atom. The molecule has 1 N–H and O–H groups in total. The lowest BCUT2D eigenvalue weighted by molar-refractivity contribution is 0.720. The molecule has 3 aromatic carbocycles. The molecule has 3 nitrogen and oxygen atoms in total. The van der Waals surface area contributed by atoms with Crippen LogP contribution in [-0.2, 0) is 0 Å². The highest BCUT2D eigenvalue weighted by Crippen LogP contribution is 2.36. The van der Waals surface area contributed by atoms with Crippen LogP contribution in [0.4, 0.5) is 5.95 Å². The van der Waals surface area contributed by atoms with E-state index in [1.807, 2.05) is 42.5 Å². The van der Waals surface area contributed by atoms with E-state index >= 15 is 0 Å². The molecule has 0 aliphatic carbocycles. The van der Waals surface area contributed by atoms with Gasteiger partial charge in [-0.15, -0.1) is 0 Å². The molecule has 4 aromatic rings. The van der Waals surface area contributed by atoms with Gasteiger partial charge in [0.25, 0.3) is 0 Å². The predicted octanol–water partition coefficient (Wildman–Crippen LogP) is 5.75. The average molecular weight is 358 g/mol. The van der Waals surface area contributed by atoms with Gasteiger partial charge in [-0.2, -0.15) is 0 Å². The Balaban J connectivity index is 1.72. The molecular formula is C22H16ClN3. The third kappa shape index (κ3) is 2.49. The lowest BCUT2D eigenvalue weighted by Crippen LogP contribution is -2.19. The highest BCUT2D eigenvalue weighted by molar-refractivity contribution is 6.30. The monoisotopic (exact) mass is 357 g/mol. The molecule has 26 heavy (non-hydrogen) atoms. The Kier molecular flexibility index (Phi) is 3.54. The second kappa shape index (κ2) is 6.04. The number of fused-ring (bicyclic) bond motifs is 3. The van der Waals surface area contributed by atoms with E-state index in [9.17, 15) is 0 Å². The Morgan fingerprint density at radius 3 is 2.38 bits per heavy atom. The summed E-state index contributed by atoms with van der Waals surface area (Å²) in [6, 6.07) is 26.7. The first-order chi connectivity index (χ1) is 12.8. The van der Waals surface area contributed by atoms with Gasteiger partial charge in [0.1, 0.15) is 0 Å². The summed E-state index contributed by atoms with van der Waals surface area (Å²) in [5.74, 6) is 0.854. The van der Waals surface area contributed by atoms with Crippen LogP contribution in [0, 0.1) is 0 Å². The number of halogens is 1. The summed E-state index contributed by atoms with van der Waals surface area (Å²) in [6.07, 6.45) is 2.25. The van der Waals surface area contributed by atoms with Crippen molar-refractivity contribution in [2.75, 3.05) is 5.32 Å². The van der Waals surface area contributed by atoms with Crippen molar-refractivity contribution in [2.45, 2.75) is 6.04 Å². The van der Waals surface area contributed by atoms with Crippen LogP contribution in [0.25, 0.3) is 16.7 Å². The van der Waals surface area contributed by atoms with Crippen molar-refractivity contribution in [3.63, 3.8) is 0 Å². The number of rotatable bonds is 2. The second-order valence-corrected chi connectivity index (χ2v) is 6.80. The molecule has 4 heteroatoms. The highest BCUT2D eigenvalue weighted by atomic mass is 35.5. The fourth-order valence-electron chi connectivity index (χ4n) is 3.50. The van der Waals surface area contributed by atoms with Crippen molar-refractivity contribution in [3.05, 3.63) is 101 Å². The van der Waals surface area contributed by atoms with Gasteiger partial charge >= 0.3 is 0 Å². The van der Waals surface area contributed by atoms with Crippen LogP contribution in [0.15, 0.2) is 84.9 Å². The molecular weight excluding hydrogens is 342 g/mol. The number of allylic oxidation sites excluding steroid dienone is 1. The Hall–Kier alpha value is -3.04. The fraction of sp³-hybridized carbons (Fsp3) is 0.0455. The van der Waals surface area contributed by atoms with Crippen LogP contribution >= 0.6 is 11.6 Å². The van der Waals surface area contributed by atoms with Gasteiger partial charge in [-0.05, 0) is 41.5 Å². The number of anilines is 1. The molecule has 0 radical (unpaired) electrons. The normalized spacial score (nSPS) is 16.0. The van der Waals surface area contributed by atoms with Crippen molar-refractivity contribution >= 4 is 34.3 Å². The van der Waals surface area contributed by atoms with Gasteiger partial charge in [0.2, 0.25) is 5.95 Å². The minimum atomic E-state index is 0.0746. The third-order valence-corrected chi connectivity index (χ3v) is 4.99. The van der Waals surface area contributed by atoms with Crippen LogP contribution in [0.2, 0.25) is 5.02 Å². The minimum Gasteiger partial charge on any atom is -0.325 e. The number of hydrogen-bond acceptors (Lipinski definition) is 2. The second-order valence-electron chi connectivity index (χ2n) is 6.36. The zero-order valence-electron chi connectivity index (χ0n) is 13.9. The van der Waals surface area contributed by atoms with E-state index in [4.69, 9.17) is 16.6 Å². The summed E-state index contributed by atoms with van der Waals surface area (Å²) in [7, 11) is 0. The summed E-state index contributed by atoms with van der Waals surface area (Å²) in [4.78, 5) is 4.81. The molecule has 0 unspecified atom stereocenters. The maximum atomic E-state index is 6.05. The number of aromatic nitrogens is 2. The topological polar surface area (TPSA) is 29.9 Å². The smallest absolute Gasteiger partial charge is 0.209 e. The van der Waals surface area contributed by atoms with Gasteiger partial charge < -0.3 is 5.32 Å². The zero-order chi connectivity index (χ0) is 17.5. The van der Waals surface area contributed by atoms with Crippen molar-refractivity contribution < 1.29 is 0 Å². The van der Waals surface area contributed by atoms with E-state index < -0.39 is 0 Å². The van der Waals surface area contributed by atoms with Gasteiger partial charge in [0.15, 0.2) is 0 Å². The standard InChI is InChI=1S/C22H16ClN3/c23-17-12-10-15(11-13-17)19-14-21(16-6-2-1-3-7-16)26-20-9-5-4-8-18(20)24-22(26)25-19/h1-14,21H,(H,24,25)/t21-/m0/s1. The minimum absolute atomic E-state index is 0.0746. The van der Waals surface area contributed by atoms with Crippen LogP contribution in [0.1, 0.15) is 17.2 Å². The molecule has 0 bridgehead atoms. The molecule has 0 saturated carbocycles. The van der Waals surface area contributed by atoms with Crippen molar-refractivity contribution in [3.8, 4) is 0 Å². The molecule has 0 fully saturated rings. The van der Waals surface area contributed by atoms with Gasteiger partial charge in [0, 0.05) is 10.7 Å². The molecule has 126 valence electrons. The quantitative estimate of drug-likeness (QED) is 0.495. The van der Waals surface area contributed by atoms with Crippen LogP contribution in [0.5, 0.6) is 0 Å². The number of imidazole rings is 1. The van der Waals surface area contributed by atoms with Crippen molar-refractivity contribution in [1.29, 1.82) is 0 Å². The SMILES string of the molecule is Clc1ccc(C2=C[C@@H](c3ccccc3)n3c(nc4ccccc43)N2)cc1. The lowest BCUT2D eigenvalue weighted by Gasteiger charge is -2.26. The fourth-order valence-corrected chi connectivity index (χ4v) is 3.63. The lowest BCUT2D eigenvalue weighted by atomic mass is 10.0. The first-order valence-corrected chi connectivity index (χ1v) is 8.94. The summed E-state index contributed by atoms with van der Waals surface area (Å²) < 4.78 is 2.25. The molecule has 2 heterocycles. The first-order valence-electron chi connectivity index (χ1n) is 8.56. The largest absolute Gasteiger partial charge is 0.325 e. The molecule has 1 atom stereocenters.